The van der Waals surface area contributed by atoms with Crippen LogP contribution < -0.4 is 10.0 Å². The van der Waals surface area contributed by atoms with Crippen molar-refractivity contribution in [1.29, 1.82) is 0 Å². The Morgan fingerprint density at radius 3 is 2.84 bits per heavy atom. The maximum absolute atomic E-state index is 12.9. The zero-order chi connectivity index (χ0) is 17.8. The Bertz CT molecular complexity index is 844. The molecule has 0 saturated heterocycles. The van der Waals surface area contributed by atoms with Crippen LogP contribution in [0, 0.1) is 5.92 Å². The number of carboxylic acids is 1. The van der Waals surface area contributed by atoms with Gasteiger partial charge in [0.1, 0.15) is 0 Å². The number of H-pyrrole nitrogens is 1. The molecule has 4 rings (SSSR count). The van der Waals surface area contributed by atoms with E-state index in [0.29, 0.717) is 42.4 Å². The van der Waals surface area contributed by atoms with Crippen LogP contribution in [0.1, 0.15) is 39.3 Å². The SMILES string of the molecule is O=C([O-])c1cccc2c1CN(c1nc3c([nH]1)CC(C(F)(F)F)CC3)C2. The molecule has 2 aliphatic rings. The average molecular weight is 350 g/mol. The lowest BCUT2D eigenvalue weighted by Crippen LogP contribution is -2.28. The number of hydrogen-bond acceptors (Lipinski definition) is 4. The van der Waals surface area contributed by atoms with Crippen molar-refractivity contribution >= 4 is 11.9 Å². The molecule has 0 saturated carbocycles. The van der Waals surface area contributed by atoms with E-state index in [0.717, 1.165) is 5.56 Å². The van der Waals surface area contributed by atoms with Crippen LogP contribution in [0.5, 0.6) is 0 Å². The minimum atomic E-state index is -4.20. The Kier molecular flexibility index (Phi) is 3.52. The maximum Gasteiger partial charge on any atom is 0.392 e. The Hall–Kier alpha value is -2.51. The standard InChI is InChI=1S/C17H16F3N3O2/c18-17(19,20)10-4-5-13-14(6-10)22-16(21-13)23-7-9-2-1-3-11(15(24)25)12(9)8-23/h1-3,10H,4-8H2,(H,21,22)(H,24,25)/p-1. The maximum atomic E-state index is 12.9. The molecule has 0 radical (unpaired) electrons. The van der Waals surface area contributed by atoms with Gasteiger partial charge < -0.3 is 19.8 Å². The van der Waals surface area contributed by atoms with Crippen LogP contribution in [-0.2, 0) is 25.9 Å². The molecule has 2 aromatic rings. The Morgan fingerprint density at radius 2 is 2.12 bits per heavy atom. The summed E-state index contributed by atoms with van der Waals surface area (Å²) in [4.78, 5) is 20.5. The van der Waals surface area contributed by atoms with Crippen LogP contribution in [0.2, 0.25) is 0 Å². The Balaban J connectivity index is 1.59. The number of anilines is 1. The number of aromatic carboxylic acids is 1. The molecule has 1 aromatic carbocycles. The first-order valence-corrected chi connectivity index (χ1v) is 8.04. The largest absolute Gasteiger partial charge is 0.545 e. The van der Waals surface area contributed by atoms with E-state index >= 15 is 0 Å². The lowest BCUT2D eigenvalue weighted by Gasteiger charge is -2.23. The lowest BCUT2D eigenvalue weighted by atomic mass is 9.89. The van der Waals surface area contributed by atoms with Crippen molar-refractivity contribution in [2.45, 2.75) is 38.5 Å². The van der Waals surface area contributed by atoms with E-state index in [9.17, 15) is 23.1 Å². The number of nitrogens with zero attached hydrogens (tertiary/aromatic N) is 2. The van der Waals surface area contributed by atoms with Crippen molar-refractivity contribution in [2.24, 2.45) is 5.92 Å². The molecular formula is C17H15F3N3O2-. The summed E-state index contributed by atoms with van der Waals surface area (Å²) in [6.07, 6.45) is -3.94. The summed E-state index contributed by atoms with van der Waals surface area (Å²) < 4.78 is 38.8. The van der Waals surface area contributed by atoms with Gasteiger partial charge in [0.25, 0.3) is 0 Å². The molecule has 0 spiro atoms. The number of carbonyl (C=O) groups excluding carboxylic acids is 1. The van der Waals surface area contributed by atoms with Gasteiger partial charge in [-0.2, -0.15) is 13.2 Å². The molecule has 1 aromatic heterocycles. The number of aryl methyl sites for hydroxylation is 1. The molecule has 0 fully saturated rings. The number of fused-ring (bicyclic) bond motifs is 2. The highest BCUT2D eigenvalue weighted by molar-refractivity contribution is 5.88. The predicted molar refractivity (Wildman–Crippen MR) is 80.8 cm³/mol. The van der Waals surface area contributed by atoms with Crippen LogP contribution in [0.3, 0.4) is 0 Å². The first-order chi connectivity index (χ1) is 11.8. The first kappa shape index (κ1) is 16.0. The number of hydrogen-bond donors (Lipinski definition) is 1. The van der Waals surface area contributed by atoms with E-state index in [2.05, 4.69) is 9.97 Å². The van der Waals surface area contributed by atoms with Gasteiger partial charge in [-0.05, 0) is 24.0 Å². The third-order valence-electron chi connectivity index (χ3n) is 5.00. The topological polar surface area (TPSA) is 72.0 Å². The van der Waals surface area contributed by atoms with Gasteiger partial charge in [-0.15, -0.1) is 0 Å². The number of aromatic nitrogens is 2. The second kappa shape index (κ2) is 5.50. The van der Waals surface area contributed by atoms with Crippen molar-refractivity contribution in [3.63, 3.8) is 0 Å². The molecule has 1 aliphatic carbocycles. The van der Waals surface area contributed by atoms with Crippen LogP contribution in [0.4, 0.5) is 19.1 Å². The fraction of sp³-hybridized carbons (Fsp3) is 0.412. The average Bonchev–Trinajstić information content (AvgIpc) is 3.16. The van der Waals surface area contributed by atoms with Crippen molar-refractivity contribution < 1.29 is 23.1 Å². The molecule has 0 bridgehead atoms. The smallest absolute Gasteiger partial charge is 0.392 e. The number of aromatic amines is 1. The molecule has 8 heteroatoms. The number of alkyl halides is 3. The van der Waals surface area contributed by atoms with E-state index in [4.69, 9.17) is 0 Å². The molecule has 1 atom stereocenters. The van der Waals surface area contributed by atoms with Crippen molar-refractivity contribution in [1.82, 2.24) is 9.97 Å². The zero-order valence-electron chi connectivity index (χ0n) is 13.2. The fourth-order valence-corrected chi connectivity index (χ4v) is 3.66. The van der Waals surface area contributed by atoms with Crippen molar-refractivity contribution in [3.05, 3.63) is 46.3 Å². The summed E-state index contributed by atoms with van der Waals surface area (Å²) in [6.45, 7) is 0.806. The minimum Gasteiger partial charge on any atom is -0.545 e. The van der Waals surface area contributed by atoms with Gasteiger partial charge in [0.05, 0.1) is 17.6 Å². The summed E-state index contributed by atoms with van der Waals surface area (Å²) >= 11 is 0. The number of carbonyl (C=O) groups is 1. The van der Waals surface area contributed by atoms with E-state index in [-0.39, 0.29) is 18.4 Å². The number of rotatable bonds is 2. The Morgan fingerprint density at radius 1 is 1.32 bits per heavy atom. The predicted octanol–water partition coefficient (Wildman–Crippen LogP) is 1.96. The van der Waals surface area contributed by atoms with Crippen molar-refractivity contribution in [2.75, 3.05) is 4.90 Å². The summed E-state index contributed by atoms with van der Waals surface area (Å²) in [5, 5.41) is 11.2. The highest BCUT2D eigenvalue weighted by Gasteiger charge is 2.42. The number of carboxylic acid groups (broad SMARTS) is 1. The molecule has 25 heavy (non-hydrogen) atoms. The van der Waals surface area contributed by atoms with Crippen LogP contribution in [0.15, 0.2) is 18.2 Å². The lowest BCUT2D eigenvalue weighted by molar-refractivity contribution is -0.255. The summed E-state index contributed by atoms with van der Waals surface area (Å²) in [5.74, 6) is -2.08. The third kappa shape index (κ3) is 2.75. The summed E-state index contributed by atoms with van der Waals surface area (Å²) in [6, 6.07) is 5.00. The molecule has 1 aliphatic heterocycles. The van der Waals surface area contributed by atoms with Gasteiger partial charge in [0.15, 0.2) is 0 Å². The van der Waals surface area contributed by atoms with E-state index in [1.54, 1.807) is 6.07 Å². The molecule has 1 unspecified atom stereocenters. The molecular weight excluding hydrogens is 335 g/mol. The third-order valence-corrected chi connectivity index (χ3v) is 5.00. The molecule has 0 amide bonds. The van der Waals surface area contributed by atoms with Gasteiger partial charge in [-0.25, -0.2) is 4.98 Å². The number of benzene rings is 1. The molecule has 2 heterocycles. The summed E-state index contributed by atoms with van der Waals surface area (Å²) in [5.41, 5.74) is 2.88. The number of halogens is 3. The second-order valence-electron chi connectivity index (χ2n) is 6.55. The molecule has 132 valence electrons. The Labute approximate surface area is 141 Å². The van der Waals surface area contributed by atoms with Gasteiger partial charge in [0.2, 0.25) is 5.95 Å². The number of nitrogens with one attached hydrogen (secondary N) is 1. The van der Waals surface area contributed by atoms with Crippen molar-refractivity contribution in [3.8, 4) is 0 Å². The highest BCUT2D eigenvalue weighted by Crippen LogP contribution is 2.38. The van der Waals surface area contributed by atoms with Crippen LogP contribution in [-0.4, -0.2) is 22.1 Å². The zero-order valence-corrected chi connectivity index (χ0v) is 13.2. The van der Waals surface area contributed by atoms with Crippen LogP contribution in [0.25, 0.3) is 0 Å². The summed E-state index contributed by atoms with van der Waals surface area (Å²) in [7, 11) is 0. The minimum absolute atomic E-state index is 0.0514. The van der Waals surface area contributed by atoms with Gasteiger partial charge in [0, 0.05) is 30.8 Å². The quantitative estimate of drug-likeness (QED) is 0.899. The normalized spacial score (nSPS) is 19.6. The van der Waals surface area contributed by atoms with E-state index in [1.165, 1.54) is 6.07 Å². The molecule has 5 nitrogen and oxygen atoms in total. The van der Waals surface area contributed by atoms with Gasteiger partial charge in [-0.3, -0.25) is 0 Å². The second-order valence-corrected chi connectivity index (χ2v) is 6.55. The van der Waals surface area contributed by atoms with Gasteiger partial charge >= 0.3 is 6.18 Å². The highest BCUT2D eigenvalue weighted by atomic mass is 19.4. The molecule has 1 N–H and O–H groups in total. The monoisotopic (exact) mass is 350 g/mol. The van der Waals surface area contributed by atoms with E-state index in [1.807, 2.05) is 11.0 Å². The van der Waals surface area contributed by atoms with Gasteiger partial charge in [-0.1, -0.05) is 18.2 Å². The number of imidazole rings is 1. The van der Waals surface area contributed by atoms with E-state index < -0.39 is 18.1 Å². The van der Waals surface area contributed by atoms with Crippen LogP contribution >= 0.6 is 0 Å². The first-order valence-electron chi connectivity index (χ1n) is 8.04. The fourth-order valence-electron chi connectivity index (χ4n) is 3.66.